The van der Waals surface area contributed by atoms with Gasteiger partial charge in [0.05, 0.1) is 5.56 Å². The molecule has 0 aliphatic carbocycles. The number of ether oxygens (including phenoxy) is 1. The molecule has 2 aromatic heterocycles. The van der Waals surface area contributed by atoms with Crippen LogP contribution in [0.5, 0.6) is 5.88 Å². The summed E-state index contributed by atoms with van der Waals surface area (Å²) in [7, 11) is 0. The first-order valence-corrected chi connectivity index (χ1v) is 9.16. The molecule has 8 heteroatoms. The molecule has 0 aliphatic rings. The van der Waals surface area contributed by atoms with E-state index in [9.17, 15) is 9.90 Å². The highest BCUT2D eigenvalue weighted by Gasteiger charge is 2.22. The fourth-order valence-corrected chi connectivity index (χ4v) is 2.85. The lowest BCUT2D eigenvalue weighted by Gasteiger charge is -2.14. The van der Waals surface area contributed by atoms with Gasteiger partial charge in [-0.2, -0.15) is 4.98 Å². The van der Waals surface area contributed by atoms with Gasteiger partial charge in [-0.25, -0.2) is 14.8 Å². The predicted molar refractivity (Wildman–Crippen MR) is 99.8 cm³/mol. The largest absolute Gasteiger partial charge is 0.476 e. The second-order valence-electron chi connectivity index (χ2n) is 5.19. The van der Waals surface area contributed by atoms with Gasteiger partial charge in [0.1, 0.15) is 11.8 Å². The molecule has 132 valence electrons. The quantitative estimate of drug-likeness (QED) is 0.385. The molecule has 1 N–H and O–H groups in total. The molecule has 6 nitrogen and oxygen atoms in total. The normalized spacial score (nSPS) is 10.5. The Labute approximate surface area is 159 Å². The molecule has 2 heterocycles. The Hall–Kier alpha value is -2.64. The maximum atomic E-state index is 11.8. The van der Waals surface area contributed by atoms with E-state index in [1.807, 2.05) is 30.3 Å². The van der Waals surface area contributed by atoms with Gasteiger partial charge in [0, 0.05) is 6.20 Å². The molecule has 0 spiro atoms. The summed E-state index contributed by atoms with van der Waals surface area (Å²) in [6, 6.07) is 12.7. The van der Waals surface area contributed by atoms with Crippen LogP contribution < -0.4 is 4.74 Å². The van der Waals surface area contributed by atoms with E-state index in [0.717, 1.165) is 5.56 Å². The summed E-state index contributed by atoms with van der Waals surface area (Å²) in [6.07, 6.45) is 3.26. The van der Waals surface area contributed by atoms with E-state index in [-0.39, 0.29) is 28.9 Å². The first-order valence-electron chi connectivity index (χ1n) is 7.56. The highest BCUT2D eigenvalue weighted by atomic mass is 35.5. The Bertz CT molecular complexity index is 938. The van der Waals surface area contributed by atoms with E-state index < -0.39 is 5.97 Å². The summed E-state index contributed by atoms with van der Waals surface area (Å²) in [5.74, 6) is -0.983. The minimum atomic E-state index is -1.17. The average molecular weight is 388 g/mol. The van der Waals surface area contributed by atoms with Crippen molar-refractivity contribution in [1.82, 2.24) is 15.0 Å². The standard InChI is InChI=1S/C18H14ClN3O3S/c1-26-18-21-15(17(23)24)14(12-7-8-20-13(19)9-12)16(22-18)25-10-11-5-3-2-4-6-11/h2-9H,10H2,1H3,(H,23,24). The first kappa shape index (κ1) is 18.2. The number of carboxylic acids is 1. The number of aromatic nitrogens is 3. The number of thioether (sulfide) groups is 1. The molecule has 0 radical (unpaired) electrons. The van der Waals surface area contributed by atoms with E-state index in [1.54, 1.807) is 18.4 Å². The highest BCUT2D eigenvalue weighted by molar-refractivity contribution is 7.98. The summed E-state index contributed by atoms with van der Waals surface area (Å²) in [5.41, 5.74) is 1.59. The van der Waals surface area contributed by atoms with Gasteiger partial charge in [0.15, 0.2) is 10.9 Å². The molecule has 0 atom stereocenters. The van der Waals surface area contributed by atoms with Gasteiger partial charge in [-0.15, -0.1) is 0 Å². The van der Waals surface area contributed by atoms with Crippen LogP contribution >= 0.6 is 23.4 Å². The third-order valence-electron chi connectivity index (χ3n) is 3.47. The lowest BCUT2D eigenvalue weighted by molar-refractivity contribution is 0.0689. The van der Waals surface area contributed by atoms with E-state index in [0.29, 0.717) is 10.7 Å². The number of benzene rings is 1. The van der Waals surface area contributed by atoms with Crippen LogP contribution in [-0.2, 0) is 6.61 Å². The van der Waals surface area contributed by atoms with Crippen molar-refractivity contribution in [2.75, 3.05) is 6.26 Å². The van der Waals surface area contributed by atoms with Gasteiger partial charge >= 0.3 is 5.97 Å². The van der Waals surface area contributed by atoms with Crippen molar-refractivity contribution < 1.29 is 14.6 Å². The third-order valence-corrected chi connectivity index (χ3v) is 4.23. The lowest BCUT2D eigenvalue weighted by Crippen LogP contribution is -2.09. The second-order valence-corrected chi connectivity index (χ2v) is 6.35. The van der Waals surface area contributed by atoms with Crippen molar-refractivity contribution in [2.45, 2.75) is 11.8 Å². The number of carbonyl (C=O) groups is 1. The molecule has 0 unspecified atom stereocenters. The molecular weight excluding hydrogens is 374 g/mol. The number of aromatic carboxylic acids is 1. The SMILES string of the molecule is CSc1nc(OCc2ccccc2)c(-c2ccnc(Cl)c2)c(C(=O)O)n1. The molecule has 3 aromatic rings. The van der Waals surface area contributed by atoms with E-state index >= 15 is 0 Å². The van der Waals surface area contributed by atoms with Crippen molar-refractivity contribution in [3.8, 4) is 17.0 Å². The zero-order chi connectivity index (χ0) is 18.5. The number of hydrogen-bond acceptors (Lipinski definition) is 6. The Morgan fingerprint density at radius 2 is 2.00 bits per heavy atom. The molecule has 0 fully saturated rings. The van der Waals surface area contributed by atoms with Crippen LogP contribution in [0.4, 0.5) is 0 Å². The van der Waals surface area contributed by atoms with Gasteiger partial charge in [0.2, 0.25) is 5.88 Å². The average Bonchev–Trinajstić information content (AvgIpc) is 2.66. The van der Waals surface area contributed by atoms with Crippen LogP contribution in [0.3, 0.4) is 0 Å². The Kier molecular flexibility index (Phi) is 5.70. The maximum Gasteiger partial charge on any atom is 0.355 e. The molecular formula is C18H14ClN3O3S. The Morgan fingerprint density at radius 3 is 2.65 bits per heavy atom. The van der Waals surface area contributed by atoms with Gasteiger partial charge in [-0.3, -0.25) is 0 Å². The van der Waals surface area contributed by atoms with Crippen LogP contribution in [0, 0.1) is 0 Å². The summed E-state index contributed by atoms with van der Waals surface area (Å²) in [6.45, 7) is 0.247. The van der Waals surface area contributed by atoms with Crippen molar-refractivity contribution >= 4 is 29.3 Å². The number of hydrogen-bond donors (Lipinski definition) is 1. The Morgan fingerprint density at radius 1 is 1.23 bits per heavy atom. The summed E-state index contributed by atoms with van der Waals surface area (Å²) in [5, 5.41) is 10.2. The lowest BCUT2D eigenvalue weighted by atomic mass is 10.1. The van der Waals surface area contributed by atoms with Gasteiger partial charge in [-0.1, -0.05) is 53.7 Å². The number of halogens is 1. The zero-order valence-corrected chi connectivity index (χ0v) is 15.3. The monoisotopic (exact) mass is 387 g/mol. The second kappa shape index (κ2) is 8.16. The van der Waals surface area contributed by atoms with Crippen molar-refractivity contribution in [2.24, 2.45) is 0 Å². The van der Waals surface area contributed by atoms with Crippen LogP contribution in [0.1, 0.15) is 16.1 Å². The van der Waals surface area contributed by atoms with Gasteiger partial charge in [0.25, 0.3) is 0 Å². The Balaban J connectivity index is 2.10. The number of carboxylic acid groups (broad SMARTS) is 1. The topological polar surface area (TPSA) is 85.2 Å². The summed E-state index contributed by atoms with van der Waals surface area (Å²) < 4.78 is 5.86. The van der Waals surface area contributed by atoms with Crippen molar-refractivity contribution in [3.63, 3.8) is 0 Å². The minimum absolute atomic E-state index is 0.144. The van der Waals surface area contributed by atoms with Gasteiger partial charge < -0.3 is 9.84 Å². The summed E-state index contributed by atoms with van der Waals surface area (Å²) >= 11 is 7.21. The number of rotatable bonds is 6. The van der Waals surface area contributed by atoms with E-state index in [4.69, 9.17) is 16.3 Å². The third kappa shape index (κ3) is 4.12. The molecule has 0 amide bonds. The molecule has 0 saturated heterocycles. The molecule has 3 rings (SSSR count). The molecule has 26 heavy (non-hydrogen) atoms. The summed E-state index contributed by atoms with van der Waals surface area (Å²) in [4.78, 5) is 24.2. The first-order chi connectivity index (χ1) is 12.6. The van der Waals surface area contributed by atoms with E-state index in [1.165, 1.54) is 18.0 Å². The zero-order valence-electron chi connectivity index (χ0n) is 13.7. The minimum Gasteiger partial charge on any atom is -0.476 e. The van der Waals surface area contributed by atoms with Gasteiger partial charge in [-0.05, 0) is 29.5 Å². The molecule has 0 saturated carbocycles. The van der Waals surface area contributed by atoms with Crippen LogP contribution in [0.2, 0.25) is 5.15 Å². The fourth-order valence-electron chi connectivity index (χ4n) is 2.32. The highest BCUT2D eigenvalue weighted by Crippen LogP contribution is 2.34. The fraction of sp³-hybridized carbons (Fsp3) is 0.111. The smallest absolute Gasteiger partial charge is 0.355 e. The van der Waals surface area contributed by atoms with Crippen molar-refractivity contribution in [1.29, 1.82) is 0 Å². The predicted octanol–water partition coefficient (Wildman–Crippen LogP) is 4.19. The van der Waals surface area contributed by atoms with Crippen LogP contribution in [-0.4, -0.2) is 32.3 Å². The number of pyridine rings is 1. The van der Waals surface area contributed by atoms with Crippen LogP contribution in [0.15, 0.2) is 53.8 Å². The maximum absolute atomic E-state index is 11.8. The van der Waals surface area contributed by atoms with E-state index in [2.05, 4.69) is 15.0 Å². The van der Waals surface area contributed by atoms with Crippen molar-refractivity contribution in [3.05, 3.63) is 65.1 Å². The molecule has 0 aliphatic heterocycles. The molecule has 1 aromatic carbocycles. The number of nitrogens with zero attached hydrogens (tertiary/aromatic N) is 3. The van der Waals surface area contributed by atoms with Crippen LogP contribution in [0.25, 0.3) is 11.1 Å². The molecule has 0 bridgehead atoms.